The van der Waals surface area contributed by atoms with Crippen LogP contribution >= 0.6 is 7.82 Å². The number of carbonyl (C=O) groups is 2. The third-order valence-corrected chi connectivity index (χ3v) is 12.5. The van der Waals surface area contributed by atoms with Crippen molar-refractivity contribution in [1.82, 2.24) is 0 Å². The van der Waals surface area contributed by atoms with E-state index in [9.17, 15) is 19.0 Å². The molecule has 0 aliphatic heterocycles. The Labute approximate surface area is 404 Å². The normalized spacial score (nSPS) is 14.1. The molecule has 0 fully saturated rings. The van der Waals surface area contributed by atoms with Crippen LogP contribution in [0.1, 0.15) is 239 Å². The van der Waals surface area contributed by atoms with Gasteiger partial charge in [-0.3, -0.25) is 18.6 Å². The number of ether oxygens (including phenoxy) is 2. The van der Waals surface area contributed by atoms with Crippen molar-refractivity contribution in [3.05, 3.63) is 60.8 Å². The maximum Gasteiger partial charge on any atom is 0.472 e. The van der Waals surface area contributed by atoms with E-state index in [4.69, 9.17) is 29.4 Å². The highest BCUT2D eigenvalue weighted by atomic mass is 31.2. The molecule has 0 radical (unpaired) electrons. The van der Waals surface area contributed by atoms with Crippen LogP contribution in [0.4, 0.5) is 0 Å². The highest BCUT2D eigenvalue weighted by Crippen LogP contribution is 2.43. The first kappa shape index (κ1) is 63.7. The van der Waals surface area contributed by atoms with Crippen LogP contribution in [0.2, 0.25) is 0 Å². The maximum absolute atomic E-state index is 12.7. The van der Waals surface area contributed by atoms with Crippen LogP contribution in [-0.2, 0) is 32.7 Å². The van der Waals surface area contributed by atoms with Crippen molar-refractivity contribution in [3.63, 3.8) is 0 Å². The summed E-state index contributed by atoms with van der Waals surface area (Å²) in [6.07, 6.45) is 62.8. The van der Waals surface area contributed by atoms with Gasteiger partial charge in [-0.25, -0.2) is 4.57 Å². The van der Waals surface area contributed by atoms with Gasteiger partial charge in [-0.15, -0.1) is 0 Å². The zero-order valence-corrected chi connectivity index (χ0v) is 43.2. The molecule has 66 heavy (non-hydrogen) atoms. The molecule has 0 saturated heterocycles. The molecule has 0 aromatic rings. The summed E-state index contributed by atoms with van der Waals surface area (Å²) >= 11 is 0. The van der Waals surface area contributed by atoms with E-state index >= 15 is 0 Å². The largest absolute Gasteiger partial charge is 0.480 e. The van der Waals surface area contributed by atoms with Crippen molar-refractivity contribution in [1.29, 1.82) is 0 Å². The lowest BCUT2D eigenvalue weighted by Gasteiger charge is -2.20. The van der Waals surface area contributed by atoms with Crippen LogP contribution in [0.3, 0.4) is 0 Å². The highest BCUT2D eigenvalue weighted by Gasteiger charge is 2.27. The van der Waals surface area contributed by atoms with Crippen LogP contribution in [0.25, 0.3) is 0 Å². The number of allylic oxidation sites excluding steroid dienone is 10. The molecule has 0 rings (SSSR count). The van der Waals surface area contributed by atoms with Gasteiger partial charge in [-0.1, -0.05) is 235 Å². The fourth-order valence-corrected chi connectivity index (χ4v) is 8.23. The first-order chi connectivity index (χ1) is 32.2. The molecule has 0 aromatic carbocycles. The molecule has 4 N–H and O–H groups in total. The molecule has 0 heterocycles. The van der Waals surface area contributed by atoms with Gasteiger partial charge in [-0.05, 0) is 57.8 Å². The second-order valence-electron chi connectivity index (χ2n) is 18.0. The Morgan fingerprint density at radius 2 is 0.879 bits per heavy atom. The van der Waals surface area contributed by atoms with E-state index in [-0.39, 0.29) is 13.0 Å². The zero-order chi connectivity index (χ0) is 48.3. The van der Waals surface area contributed by atoms with Crippen molar-refractivity contribution in [2.24, 2.45) is 5.73 Å². The maximum atomic E-state index is 12.7. The highest BCUT2D eigenvalue weighted by molar-refractivity contribution is 7.47. The van der Waals surface area contributed by atoms with E-state index in [1.54, 1.807) is 0 Å². The number of carboxylic acids is 1. The van der Waals surface area contributed by atoms with E-state index in [1.807, 2.05) is 0 Å². The standard InChI is InChI=1S/C55H100NO9P/c1-3-5-7-9-11-13-15-17-19-21-23-25-27-29-31-33-35-37-39-41-43-45-47-54(57)65-52(50-63-66(60,61)64-51-53(56)55(58)59)49-62-48-46-44-42-40-38-36-34-32-30-28-26-24-22-20-18-16-14-12-10-8-6-4-2/h6,8,12,14,18,20,24,26,30,32,52-53H,3-5,7,9-11,13,15-17,19,21-23,25,27-29,31,33-51,56H2,1-2H3,(H,58,59)(H,60,61)/b8-6-,14-12-,20-18-,26-24-,32-30-. The number of phosphoric acid groups is 1. The summed E-state index contributed by atoms with van der Waals surface area (Å²) in [5.41, 5.74) is 5.38. The van der Waals surface area contributed by atoms with E-state index < -0.39 is 45.1 Å². The summed E-state index contributed by atoms with van der Waals surface area (Å²) in [6.45, 7) is 3.77. The Kier molecular flexibility index (Phi) is 48.8. The van der Waals surface area contributed by atoms with Gasteiger partial charge in [0.25, 0.3) is 0 Å². The average Bonchev–Trinajstić information content (AvgIpc) is 3.30. The predicted octanol–water partition coefficient (Wildman–Crippen LogP) is 15.9. The Morgan fingerprint density at radius 3 is 1.32 bits per heavy atom. The molecular formula is C55H100NO9P. The molecule has 0 aromatic heterocycles. The molecule has 3 atom stereocenters. The zero-order valence-electron chi connectivity index (χ0n) is 42.3. The number of carbonyl (C=O) groups excluding carboxylic acids is 1. The van der Waals surface area contributed by atoms with E-state index in [1.165, 1.54) is 135 Å². The summed E-state index contributed by atoms with van der Waals surface area (Å²) in [5.74, 6) is -1.78. The lowest BCUT2D eigenvalue weighted by atomic mass is 10.0. The van der Waals surface area contributed by atoms with Gasteiger partial charge in [0, 0.05) is 13.0 Å². The summed E-state index contributed by atoms with van der Waals surface area (Å²) in [5, 5.41) is 8.94. The van der Waals surface area contributed by atoms with Crippen LogP contribution in [0.5, 0.6) is 0 Å². The van der Waals surface area contributed by atoms with Crippen molar-refractivity contribution in [3.8, 4) is 0 Å². The topological polar surface area (TPSA) is 155 Å². The lowest BCUT2D eigenvalue weighted by molar-refractivity contribution is -0.154. The van der Waals surface area contributed by atoms with Crippen LogP contribution in [0, 0.1) is 0 Å². The van der Waals surface area contributed by atoms with E-state index in [2.05, 4.69) is 74.6 Å². The SMILES string of the molecule is CC/C=C\C/C=C\C/C=C\C/C=C\C/C=C\CCCCCCCCOCC(COP(=O)(O)OCC(N)C(=O)O)OC(=O)CCCCCCCCCCCCCCCCCCCCCCCC. The van der Waals surface area contributed by atoms with Gasteiger partial charge in [0.15, 0.2) is 0 Å². The Bertz CT molecular complexity index is 1280. The number of unbranched alkanes of at least 4 members (excludes halogenated alkanes) is 27. The van der Waals surface area contributed by atoms with Crippen LogP contribution in [-0.4, -0.2) is 60.5 Å². The Morgan fingerprint density at radius 1 is 0.500 bits per heavy atom. The fourth-order valence-electron chi connectivity index (χ4n) is 7.46. The van der Waals surface area contributed by atoms with Gasteiger partial charge in [0.1, 0.15) is 12.1 Å². The van der Waals surface area contributed by atoms with Gasteiger partial charge in [0.05, 0.1) is 19.8 Å². The number of nitrogens with two attached hydrogens (primary N) is 1. The Balaban J connectivity index is 4.14. The minimum Gasteiger partial charge on any atom is -0.480 e. The number of aliphatic carboxylic acids is 1. The third kappa shape index (κ3) is 49.6. The lowest BCUT2D eigenvalue weighted by Crippen LogP contribution is -2.34. The van der Waals surface area contributed by atoms with E-state index in [0.717, 1.165) is 77.0 Å². The fraction of sp³-hybridized carbons (Fsp3) is 0.782. The first-order valence-corrected chi connectivity index (χ1v) is 28.3. The van der Waals surface area contributed by atoms with Gasteiger partial charge < -0.3 is 25.2 Å². The number of phosphoric ester groups is 1. The smallest absolute Gasteiger partial charge is 0.472 e. The molecule has 0 saturated carbocycles. The van der Waals surface area contributed by atoms with Crippen molar-refractivity contribution < 1.29 is 42.7 Å². The molecule has 0 aliphatic rings. The van der Waals surface area contributed by atoms with Gasteiger partial charge >= 0.3 is 19.8 Å². The van der Waals surface area contributed by atoms with Gasteiger partial charge in [0.2, 0.25) is 0 Å². The second kappa shape index (κ2) is 50.5. The minimum atomic E-state index is -4.63. The molecule has 0 amide bonds. The number of carboxylic acid groups (broad SMARTS) is 1. The van der Waals surface area contributed by atoms with Crippen molar-refractivity contribution >= 4 is 19.8 Å². The number of rotatable bonds is 51. The summed E-state index contributed by atoms with van der Waals surface area (Å²) in [6, 6.07) is -1.48. The molecule has 0 spiro atoms. The minimum absolute atomic E-state index is 0.00693. The third-order valence-electron chi connectivity index (χ3n) is 11.6. The van der Waals surface area contributed by atoms with Crippen LogP contribution < -0.4 is 5.73 Å². The quantitative estimate of drug-likeness (QED) is 0.0232. The molecule has 10 nitrogen and oxygen atoms in total. The summed E-state index contributed by atoms with van der Waals surface area (Å²) in [7, 11) is -4.63. The number of esters is 1. The molecule has 0 aliphatic carbocycles. The Hall–Kier alpha value is -2.33. The van der Waals surface area contributed by atoms with Crippen molar-refractivity contribution in [2.45, 2.75) is 251 Å². The molecule has 0 bridgehead atoms. The van der Waals surface area contributed by atoms with E-state index in [0.29, 0.717) is 13.0 Å². The number of hydrogen-bond acceptors (Lipinski definition) is 8. The second-order valence-corrected chi connectivity index (χ2v) is 19.4. The summed E-state index contributed by atoms with van der Waals surface area (Å²) in [4.78, 5) is 33.7. The number of hydrogen-bond donors (Lipinski definition) is 3. The van der Waals surface area contributed by atoms with Gasteiger partial charge in [-0.2, -0.15) is 0 Å². The first-order valence-electron chi connectivity index (χ1n) is 26.8. The molecule has 11 heteroatoms. The predicted molar refractivity (Wildman–Crippen MR) is 277 cm³/mol. The summed E-state index contributed by atoms with van der Waals surface area (Å²) < 4.78 is 33.5. The van der Waals surface area contributed by atoms with Crippen LogP contribution in [0.15, 0.2) is 60.8 Å². The molecule has 384 valence electrons. The molecular weight excluding hydrogens is 850 g/mol. The van der Waals surface area contributed by atoms with Crippen molar-refractivity contribution in [2.75, 3.05) is 26.4 Å². The average molecular weight is 950 g/mol. The monoisotopic (exact) mass is 950 g/mol. The molecule has 3 unspecified atom stereocenters.